The lowest BCUT2D eigenvalue weighted by Gasteiger charge is -2.15. The molecule has 0 saturated carbocycles. The highest BCUT2D eigenvalue weighted by atomic mass is 32.1. The molecule has 0 bridgehead atoms. The van der Waals surface area contributed by atoms with Gasteiger partial charge < -0.3 is 5.32 Å². The van der Waals surface area contributed by atoms with Crippen molar-refractivity contribution in [1.82, 2.24) is 25.1 Å². The van der Waals surface area contributed by atoms with E-state index in [2.05, 4.69) is 26.4 Å². The lowest BCUT2D eigenvalue weighted by atomic mass is 10.1. The number of benzene rings is 2. The Kier molecular flexibility index (Phi) is 3.64. The van der Waals surface area contributed by atoms with Gasteiger partial charge in [-0.15, -0.1) is 11.3 Å². The fourth-order valence-electron chi connectivity index (χ4n) is 3.32. The number of carbonyl (C=O) groups is 1. The van der Waals surface area contributed by atoms with Crippen LogP contribution in [0.5, 0.6) is 0 Å². The van der Waals surface area contributed by atoms with Crippen LogP contribution in [0.3, 0.4) is 0 Å². The molecule has 1 aliphatic heterocycles. The van der Waals surface area contributed by atoms with Crippen molar-refractivity contribution in [3.8, 4) is 17.1 Å². The smallest absolute Gasteiger partial charge is 0.321 e. The van der Waals surface area contributed by atoms with Crippen LogP contribution in [0.25, 0.3) is 27.3 Å². The van der Waals surface area contributed by atoms with Gasteiger partial charge in [-0.25, -0.2) is 19.4 Å². The van der Waals surface area contributed by atoms with Crippen molar-refractivity contribution in [3.05, 3.63) is 53.8 Å². The molecular formula is C19H16N6OS. The minimum Gasteiger partial charge on any atom is -0.336 e. The molecule has 134 valence electrons. The molecule has 2 aromatic carbocycles. The second-order valence-electron chi connectivity index (χ2n) is 6.31. The number of aryl methyl sites for hydroxylation is 1. The van der Waals surface area contributed by atoms with E-state index in [0.29, 0.717) is 13.1 Å². The van der Waals surface area contributed by atoms with E-state index in [9.17, 15) is 4.79 Å². The molecule has 1 saturated heterocycles. The molecule has 0 unspecified atom stereocenters. The fourth-order valence-corrected chi connectivity index (χ4v) is 4.18. The third kappa shape index (κ3) is 2.74. The SMILES string of the molecule is Cc1nc2ccc(-n3ncnc3-c3cccc(N4CCNC4=O)c3)cc2s1. The zero-order chi connectivity index (χ0) is 18.4. The minimum absolute atomic E-state index is 0.0698. The number of aromatic nitrogens is 4. The number of fused-ring (bicyclic) bond motifs is 1. The largest absolute Gasteiger partial charge is 0.336 e. The van der Waals surface area contributed by atoms with Gasteiger partial charge in [-0.2, -0.15) is 5.10 Å². The van der Waals surface area contributed by atoms with E-state index < -0.39 is 0 Å². The maximum Gasteiger partial charge on any atom is 0.321 e. The number of rotatable bonds is 3. The third-order valence-electron chi connectivity index (χ3n) is 4.54. The molecule has 3 heterocycles. The number of carbonyl (C=O) groups excluding carboxylic acids is 1. The molecule has 27 heavy (non-hydrogen) atoms. The third-order valence-corrected chi connectivity index (χ3v) is 5.48. The Morgan fingerprint density at radius 3 is 2.93 bits per heavy atom. The van der Waals surface area contributed by atoms with Crippen LogP contribution in [0.2, 0.25) is 0 Å². The summed E-state index contributed by atoms with van der Waals surface area (Å²) in [6.07, 6.45) is 1.55. The lowest BCUT2D eigenvalue weighted by Crippen LogP contribution is -2.27. The van der Waals surface area contributed by atoms with Crippen LogP contribution in [-0.2, 0) is 0 Å². The Morgan fingerprint density at radius 1 is 1.15 bits per heavy atom. The number of hydrogen-bond acceptors (Lipinski definition) is 5. The number of nitrogens with zero attached hydrogens (tertiary/aromatic N) is 5. The van der Waals surface area contributed by atoms with E-state index in [0.717, 1.165) is 38.0 Å². The standard InChI is InChI=1S/C19H16N6OS/c1-12-23-16-6-5-15(10-17(16)27-12)25-18(21-11-22-25)13-3-2-4-14(9-13)24-8-7-20-19(24)26/h2-6,9-11H,7-8H2,1H3,(H,20,26). The first-order chi connectivity index (χ1) is 13.2. The molecule has 1 fully saturated rings. The van der Waals surface area contributed by atoms with Gasteiger partial charge in [0.05, 0.1) is 20.9 Å². The number of nitrogens with one attached hydrogen (secondary N) is 1. The van der Waals surface area contributed by atoms with Crippen molar-refractivity contribution >= 4 is 33.3 Å². The second kappa shape index (κ2) is 6.17. The van der Waals surface area contributed by atoms with Crippen LogP contribution in [0.4, 0.5) is 10.5 Å². The molecule has 5 rings (SSSR count). The topological polar surface area (TPSA) is 75.9 Å². The molecule has 2 amide bonds. The molecule has 0 spiro atoms. The summed E-state index contributed by atoms with van der Waals surface area (Å²) >= 11 is 1.66. The molecule has 8 heteroatoms. The predicted molar refractivity (Wildman–Crippen MR) is 105 cm³/mol. The molecule has 1 N–H and O–H groups in total. The van der Waals surface area contributed by atoms with E-state index >= 15 is 0 Å². The van der Waals surface area contributed by atoms with Crippen LogP contribution in [0, 0.1) is 6.92 Å². The average Bonchev–Trinajstić information content (AvgIpc) is 3.39. The molecule has 0 atom stereocenters. The molecule has 0 radical (unpaired) electrons. The summed E-state index contributed by atoms with van der Waals surface area (Å²) < 4.78 is 2.94. The summed E-state index contributed by atoms with van der Waals surface area (Å²) in [5.41, 5.74) is 3.68. The summed E-state index contributed by atoms with van der Waals surface area (Å²) in [7, 11) is 0. The van der Waals surface area contributed by atoms with Crippen molar-refractivity contribution in [2.45, 2.75) is 6.92 Å². The molecule has 0 aliphatic carbocycles. The highest BCUT2D eigenvalue weighted by Gasteiger charge is 2.22. The maximum atomic E-state index is 12.0. The molecule has 1 aliphatic rings. The second-order valence-corrected chi connectivity index (χ2v) is 7.55. The number of anilines is 1. The zero-order valence-corrected chi connectivity index (χ0v) is 15.4. The van der Waals surface area contributed by atoms with E-state index in [-0.39, 0.29) is 6.03 Å². The van der Waals surface area contributed by atoms with E-state index in [4.69, 9.17) is 0 Å². The first kappa shape index (κ1) is 16.0. The number of amides is 2. The summed E-state index contributed by atoms with van der Waals surface area (Å²) in [5.74, 6) is 0.733. The quantitative estimate of drug-likeness (QED) is 0.595. The Hall–Kier alpha value is -3.26. The van der Waals surface area contributed by atoms with Crippen molar-refractivity contribution in [3.63, 3.8) is 0 Å². The number of urea groups is 1. The minimum atomic E-state index is -0.0698. The van der Waals surface area contributed by atoms with Crippen LogP contribution in [0.15, 0.2) is 48.8 Å². The summed E-state index contributed by atoms with van der Waals surface area (Å²) in [6, 6.07) is 13.8. The maximum absolute atomic E-state index is 12.0. The van der Waals surface area contributed by atoms with Gasteiger partial charge in [0.1, 0.15) is 6.33 Å². The summed E-state index contributed by atoms with van der Waals surface area (Å²) in [4.78, 5) is 22.7. The van der Waals surface area contributed by atoms with Gasteiger partial charge in [0.2, 0.25) is 0 Å². The number of hydrogen-bond donors (Lipinski definition) is 1. The van der Waals surface area contributed by atoms with Crippen molar-refractivity contribution in [2.24, 2.45) is 0 Å². The first-order valence-electron chi connectivity index (χ1n) is 8.62. The Labute approximate surface area is 159 Å². The van der Waals surface area contributed by atoms with Crippen molar-refractivity contribution < 1.29 is 4.79 Å². The van der Waals surface area contributed by atoms with Crippen LogP contribution in [-0.4, -0.2) is 38.9 Å². The van der Waals surface area contributed by atoms with Crippen LogP contribution in [0.1, 0.15) is 5.01 Å². The highest BCUT2D eigenvalue weighted by Crippen LogP contribution is 2.28. The lowest BCUT2D eigenvalue weighted by molar-refractivity contribution is 0.252. The van der Waals surface area contributed by atoms with Crippen LogP contribution >= 0.6 is 11.3 Å². The van der Waals surface area contributed by atoms with Gasteiger partial charge in [-0.05, 0) is 37.3 Å². The van der Waals surface area contributed by atoms with Crippen LogP contribution < -0.4 is 10.2 Å². The monoisotopic (exact) mass is 376 g/mol. The van der Waals surface area contributed by atoms with E-state index in [1.807, 2.05) is 48.0 Å². The highest BCUT2D eigenvalue weighted by molar-refractivity contribution is 7.18. The van der Waals surface area contributed by atoms with Crippen molar-refractivity contribution in [1.29, 1.82) is 0 Å². The molecule has 2 aromatic heterocycles. The first-order valence-corrected chi connectivity index (χ1v) is 9.44. The van der Waals surface area contributed by atoms with Gasteiger partial charge in [0.25, 0.3) is 0 Å². The van der Waals surface area contributed by atoms with Crippen molar-refractivity contribution in [2.75, 3.05) is 18.0 Å². The van der Waals surface area contributed by atoms with Gasteiger partial charge in [-0.3, -0.25) is 4.90 Å². The Morgan fingerprint density at radius 2 is 2.07 bits per heavy atom. The van der Waals surface area contributed by atoms with E-state index in [1.165, 1.54) is 0 Å². The summed E-state index contributed by atoms with van der Waals surface area (Å²) in [6.45, 7) is 3.33. The molecule has 4 aromatic rings. The van der Waals surface area contributed by atoms with Gasteiger partial charge >= 0.3 is 6.03 Å². The average molecular weight is 376 g/mol. The number of thiazole rings is 1. The molecule has 7 nitrogen and oxygen atoms in total. The van der Waals surface area contributed by atoms with Gasteiger partial charge in [0, 0.05) is 24.3 Å². The fraction of sp³-hybridized carbons (Fsp3) is 0.158. The van der Waals surface area contributed by atoms with E-state index in [1.54, 1.807) is 22.6 Å². The molecular weight excluding hydrogens is 360 g/mol. The van der Waals surface area contributed by atoms with Gasteiger partial charge in [-0.1, -0.05) is 12.1 Å². The predicted octanol–water partition coefficient (Wildman–Crippen LogP) is 3.38. The summed E-state index contributed by atoms with van der Waals surface area (Å²) in [5, 5.41) is 8.28. The zero-order valence-electron chi connectivity index (χ0n) is 14.6. The van der Waals surface area contributed by atoms with Gasteiger partial charge in [0.15, 0.2) is 5.82 Å². The Balaban J connectivity index is 1.57. The normalized spacial score (nSPS) is 14.1. The Bertz CT molecular complexity index is 1160.